The van der Waals surface area contributed by atoms with Gasteiger partial charge in [0.1, 0.15) is 12.4 Å². The van der Waals surface area contributed by atoms with E-state index in [0.717, 1.165) is 11.3 Å². The van der Waals surface area contributed by atoms with E-state index in [1.807, 2.05) is 24.3 Å². The number of carbonyl (C=O) groups excluding carboxylic acids is 1. The molecular weight excluding hydrogens is 268 g/mol. The Hall–Kier alpha value is -1.85. The molecule has 5 heteroatoms. The third-order valence-corrected chi connectivity index (χ3v) is 3.04. The molecule has 0 bridgehead atoms. The minimum absolute atomic E-state index is 0.0842. The topological polar surface area (TPSA) is 64.8 Å². The van der Waals surface area contributed by atoms with Gasteiger partial charge in [-0.2, -0.15) is 0 Å². The molecule has 1 rings (SSSR count). The average molecular weight is 292 g/mol. The number of benzene rings is 1. The molecule has 116 valence electrons. The smallest absolute Gasteiger partial charge is 0.239 e. The summed E-state index contributed by atoms with van der Waals surface area (Å²) < 4.78 is 10.3. The lowest BCUT2D eigenvalue weighted by atomic mass is 10.1. The Morgan fingerprint density at radius 3 is 2.67 bits per heavy atom. The second-order valence-electron chi connectivity index (χ2n) is 4.83. The molecule has 0 radical (unpaired) electrons. The van der Waals surface area contributed by atoms with Crippen molar-refractivity contribution in [3.05, 3.63) is 42.5 Å². The Kier molecular flexibility index (Phi) is 7.50. The van der Waals surface area contributed by atoms with Crippen molar-refractivity contribution in [1.82, 2.24) is 4.90 Å². The first-order valence-corrected chi connectivity index (χ1v) is 6.90. The van der Waals surface area contributed by atoms with Gasteiger partial charge in [-0.3, -0.25) is 4.79 Å². The fraction of sp³-hybridized carbons (Fsp3) is 0.438. The Morgan fingerprint density at radius 2 is 2.10 bits per heavy atom. The first-order chi connectivity index (χ1) is 10.1. The van der Waals surface area contributed by atoms with Gasteiger partial charge in [-0.1, -0.05) is 24.8 Å². The third kappa shape index (κ3) is 5.97. The van der Waals surface area contributed by atoms with E-state index in [-0.39, 0.29) is 5.91 Å². The van der Waals surface area contributed by atoms with E-state index in [9.17, 15) is 4.79 Å². The lowest BCUT2D eigenvalue weighted by Crippen LogP contribution is -2.42. The van der Waals surface area contributed by atoms with Crippen LogP contribution in [-0.4, -0.2) is 44.2 Å². The minimum atomic E-state index is -0.523. The minimum Gasteiger partial charge on any atom is -0.490 e. The summed E-state index contributed by atoms with van der Waals surface area (Å²) in [6.45, 7) is 5.08. The molecule has 0 heterocycles. The van der Waals surface area contributed by atoms with Gasteiger partial charge in [-0.25, -0.2) is 0 Å². The predicted molar refractivity (Wildman–Crippen MR) is 83.1 cm³/mol. The highest BCUT2D eigenvalue weighted by Crippen LogP contribution is 2.13. The lowest BCUT2D eigenvalue weighted by Gasteiger charge is -2.21. The molecule has 0 saturated carbocycles. The number of hydrogen-bond donors (Lipinski definition) is 1. The van der Waals surface area contributed by atoms with E-state index in [4.69, 9.17) is 15.2 Å². The third-order valence-electron chi connectivity index (χ3n) is 3.04. The van der Waals surface area contributed by atoms with Crippen molar-refractivity contribution in [1.29, 1.82) is 0 Å². The van der Waals surface area contributed by atoms with Crippen molar-refractivity contribution in [2.75, 3.05) is 27.4 Å². The van der Waals surface area contributed by atoms with Crippen molar-refractivity contribution in [2.45, 2.75) is 19.0 Å². The number of ether oxygens (including phenoxy) is 2. The highest BCUT2D eigenvalue weighted by molar-refractivity contribution is 5.81. The molecule has 2 N–H and O–H groups in total. The van der Waals surface area contributed by atoms with E-state index < -0.39 is 6.04 Å². The fourth-order valence-electron chi connectivity index (χ4n) is 1.85. The number of nitrogens with two attached hydrogens (primary N) is 1. The molecule has 0 aliphatic carbocycles. The van der Waals surface area contributed by atoms with Crippen molar-refractivity contribution >= 4 is 5.91 Å². The van der Waals surface area contributed by atoms with Crippen LogP contribution in [0.5, 0.6) is 5.75 Å². The average Bonchev–Trinajstić information content (AvgIpc) is 2.51. The number of nitrogens with zero attached hydrogens (tertiary/aromatic N) is 1. The van der Waals surface area contributed by atoms with Crippen LogP contribution in [0.25, 0.3) is 0 Å². The summed E-state index contributed by atoms with van der Waals surface area (Å²) in [7, 11) is 3.34. The van der Waals surface area contributed by atoms with Crippen LogP contribution in [0.4, 0.5) is 0 Å². The van der Waals surface area contributed by atoms with E-state index >= 15 is 0 Å². The van der Waals surface area contributed by atoms with Crippen molar-refractivity contribution in [2.24, 2.45) is 5.73 Å². The molecule has 0 spiro atoms. The zero-order chi connectivity index (χ0) is 15.7. The molecule has 0 aromatic heterocycles. The van der Waals surface area contributed by atoms with Crippen molar-refractivity contribution in [3.8, 4) is 5.75 Å². The van der Waals surface area contributed by atoms with E-state index in [1.54, 1.807) is 25.1 Å². The van der Waals surface area contributed by atoms with Crippen LogP contribution in [0.2, 0.25) is 0 Å². The van der Waals surface area contributed by atoms with Crippen LogP contribution in [0.1, 0.15) is 12.0 Å². The second kappa shape index (κ2) is 9.15. The largest absolute Gasteiger partial charge is 0.490 e. The summed E-state index contributed by atoms with van der Waals surface area (Å²) in [5, 5.41) is 0. The molecule has 1 unspecified atom stereocenters. The van der Waals surface area contributed by atoms with Gasteiger partial charge in [0.05, 0.1) is 6.04 Å². The molecular formula is C16H24N2O3. The van der Waals surface area contributed by atoms with Gasteiger partial charge in [0.25, 0.3) is 0 Å². The van der Waals surface area contributed by atoms with Crippen LogP contribution in [0.3, 0.4) is 0 Å². The summed E-state index contributed by atoms with van der Waals surface area (Å²) in [6.07, 6.45) is 2.22. The summed E-state index contributed by atoms with van der Waals surface area (Å²) in [5.74, 6) is 0.698. The van der Waals surface area contributed by atoms with Crippen LogP contribution in [0.15, 0.2) is 36.9 Å². The molecule has 5 nitrogen and oxygen atoms in total. The molecule has 1 aromatic carbocycles. The molecule has 1 aromatic rings. The van der Waals surface area contributed by atoms with Crippen LogP contribution < -0.4 is 10.5 Å². The van der Waals surface area contributed by atoms with Crippen LogP contribution >= 0.6 is 0 Å². The van der Waals surface area contributed by atoms with E-state index in [1.165, 1.54) is 0 Å². The van der Waals surface area contributed by atoms with Gasteiger partial charge in [0, 0.05) is 27.3 Å². The molecule has 1 atom stereocenters. The van der Waals surface area contributed by atoms with E-state index in [2.05, 4.69) is 6.58 Å². The Morgan fingerprint density at radius 1 is 1.43 bits per heavy atom. The molecule has 0 fully saturated rings. The van der Waals surface area contributed by atoms with Gasteiger partial charge in [0.2, 0.25) is 5.91 Å². The Labute approximate surface area is 126 Å². The van der Waals surface area contributed by atoms with Gasteiger partial charge in [-0.15, -0.1) is 0 Å². The normalized spacial score (nSPS) is 11.8. The molecule has 0 aliphatic rings. The number of rotatable bonds is 9. The standard InChI is InChI=1S/C16H24N2O3/c1-4-10-21-14-7-5-13(6-8-14)12-18(2)16(19)15(17)9-11-20-3/h4-8,15H,1,9-12,17H2,2-3H3. The van der Waals surface area contributed by atoms with Gasteiger partial charge < -0.3 is 20.1 Å². The van der Waals surface area contributed by atoms with Gasteiger partial charge in [0.15, 0.2) is 0 Å². The predicted octanol–water partition coefficient (Wildman–Crippen LogP) is 1.57. The summed E-state index contributed by atoms with van der Waals surface area (Å²) in [4.78, 5) is 13.7. The molecule has 1 amide bonds. The van der Waals surface area contributed by atoms with E-state index in [0.29, 0.717) is 26.2 Å². The van der Waals surface area contributed by atoms with Crippen molar-refractivity contribution < 1.29 is 14.3 Å². The number of amides is 1. The quantitative estimate of drug-likeness (QED) is 0.702. The summed E-state index contributed by atoms with van der Waals surface area (Å²) in [5.41, 5.74) is 6.86. The molecule has 0 aliphatic heterocycles. The summed E-state index contributed by atoms with van der Waals surface area (Å²) in [6, 6.07) is 7.10. The van der Waals surface area contributed by atoms with Crippen LogP contribution in [0, 0.1) is 0 Å². The zero-order valence-corrected chi connectivity index (χ0v) is 12.7. The van der Waals surface area contributed by atoms with Gasteiger partial charge in [-0.05, 0) is 24.1 Å². The van der Waals surface area contributed by atoms with Gasteiger partial charge >= 0.3 is 0 Å². The highest BCUT2D eigenvalue weighted by atomic mass is 16.5. The molecule has 21 heavy (non-hydrogen) atoms. The Bertz CT molecular complexity index is 445. The number of carbonyl (C=O) groups is 1. The lowest BCUT2D eigenvalue weighted by molar-refractivity contribution is -0.132. The van der Waals surface area contributed by atoms with Crippen LogP contribution in [-0.2, 0) is 16.1 Å². The number of methoxy groups -OCH3 is 1. The maximum absolute atomic E-state index is 12.1. The fourth-order valence-corrected chi connectivity index (χ4v) is 1.85. The first kappa shape index (κ1) is 17.2. The zero-order valence-electron chi connectivity index (χ0n) is 12.7. The molecule has 0 saturated heterocycles. The summed E-state index contributed by atoms with van der Waals surface area (Å²) >= 11 is 0. The highest BCUT2D eigenvalue weighted by Gasteiger charge is 2.17. The number of hydrogen-bond acceptors (Lipinski definition) is 4. The van der Waals surface area contributed by atoms with Crippen molar-refractivity contribution in [3.63, 3.8) is 0 Å². The Balaban J connectivity index is 2.51. The SMILES string of the molecule is C=CCOc1ccc(CN(C)C(=O)C(N)CCOC)cc1. The number of likely N-dealkylation sites (N-methyl/N-ethyl adjacent to an activating group) is 1. The second-order valence-corrected chi connectivity index (χ2v) is 4.83. The monoisotopic (exact) mass is 292 g/mol. The first-order valence-electron chi connectivity index (χ1n) is 6.90. The maximum Gasteiger partial charge on any atom is 0.239 e. The maximum atomic E-state index is 12.1.